The summed E-state index contributed by atoms with van der Waals surface area (Å²) >= 11 is 0. The average Bonchev–Trinajstić information content (AvgIpc) is 3.43. The minimum Gasteiger partial charge on any atom is -0.469 e. The highest BCUT2D eigenvalue weighted by atomic mass is 19.1. The molecule has 9 nitrogen and oxygen atoms in total. The van der Waals surface area contributed by atoms with Gasteiger partial charge in [0.2, 0.25) is 0 Å². The Labute approximate surface area is 183 Å². The van der Waals surface area contributed by atoms with Gasteiger partial charge in [0.15, 0.2) is 18.4 Å². The van der Waals surface area contributed by atoms with Crippen molar-refractivity contribution in [3.05, 3.63) is 53.6 Å². The van der Waals surface area contributed by atoms with Crippen molar-refractivity contribution in [3.63, 3.8) is 0 Å². The Morgan fingerprint density at radius 3 is 3.03 bits per heavy atom. The summed E-state index contributed by atoms with van der Waals surface area (Å²) in [6.45, 7) is 7.11. The molecule has 1 saturated heterocycles. The van der Waals surface area contributed by atoms with E-state index in [0.717, 1.165) is 0 Å². The summed E-state index contributed by atoms with van der Waals surface area (Å²) in [5, 5.41) is 13.8. The molecule has 2 aliphatic rings. The summed E-state index contributed by atoms with van der Waals surface area (Å²) in [7, 11) is 0. The summed E-state index contributed by atoms with van der Waals surface area (Å²) in [5.74, 6) is -1.98. The van der Waals surface area contributed by atoms with E-state index in [4.69, 9.17) is 14.2 Å². The van der Waals surface area contributed by atoms with E-state index in [1.807, 2.05) is 6.92 Å². The number of halogens is 1. The second-order valence-electron chi connectivity index (χ2n) is 8.00. The lowest BCUT2D eigenvalue weighted by molar-refractivity contribution is -0.154. The summed E-state index contributed by atoms with van der Waals surface area (Å²) in [6.07, 6.45) is 3.05. The van der Waals surface area contributed by atoms with Gasteiger partial charge in [-0.1, -0.05) is 19.6 Å². The number of nitrogens with zero attached hydrogens (tertiary/aromatic N) is 3. The first-order chi connectivity index (χ1) is 15.4. The Bertz CT molecular complexity index is 1080. The Kier molecular flexibility index (Phi) is 5.88. The number of ketones is 1. The maximum atomic E-state index is 14.9. The number of aromatic amines is 1. The van der Waals surface area contributed by atoms with Crippen molar-refractivity contribution in [1.29, 1.82) is 0 Å². The molecule has 0 saturated carbocycles. The molecule has 1 fully saturated rings. The van der Waals surface area contributed by atoms with Crippen molar-refractivity contribution in [2.24, 2.45) is 11.8 Å². The van der Waals surface area contributed by atoms with Crippen LogP contribution in [0, 0.1) is 24.6 Å². The van der Waals surface area contributed by atoms with Gasteiger partial charge in [0, 0.05) is 18.1 Å². The summed E-state index contributed by atoms with van der Waals surface area (Å²) in [6, 6.07) is 3.13. The molecule has 1 aromatic heterocycles. The number of esters is 1. The van der Waals surface area contributed by atoms with E-state index in [1.165, 1.54) is 18.2 Å². The normalized spacial score (nSPS) is 23.2. The van der Waals surface area contributed by atoms with Gasteiger partial charge in [-0.2, -0.15) is 0 Å². The Balaban J connectivity index is 1.63. The molecule has 0 unspecified atom stereocenters. The van der Waals surface area contributed by atoms with E-state index < -0.39 is 23.3 Å². The second-order valence-corrected chi connectivity index (χ2v) is 8.00. The van der Waals surface area contributed by atoms with Crippen LogP contribution in [0.25, 0.3) is 11.4 Å². The first kappa shape index (κ1) is 21.8. The molecule has 10 heteroatoms. The van der Waals surface area contributed by atoms with E-state index in [9.17, 15) is 14.0 Å². The molecule has 2 aromatic rings. The van der Waals surface area contributed by atoms with Crippen LogP contribution in [-0.4, -0.2) is 51.4 Å². The van der Waals surface area contributed by atoms with Crippen molar-refractivity contribution in [2.45, 2.75) is 32.3 Å². The number of H-pyrrole nitrogens is 1. The van der Waals surface area contributed by atoms with Gasteiger partial charge in [0.25, 0.3) is 0 Å². The maximum Gasteiger partial charge on any atom is 0.317 e. The van der Waals surface area contributed by atoms with Gasteiger partial charge in [0.05, 0.1) is 0 Å². The lowest BCUT2D eigenvalue weighted by atomic mass is 9.72. The van der Waals surface area contributed by atoms with E-state index in [-0.39, 0.29) is 38.0 Å². The van der Waals surface area contributed by atoms with E-state index in [0.29, 0.717) is 28.3 Å². The van der Waals surface area contributed by atoms with E-state index in [1.54, 1.807) is 13.0 Å². The van der Waals surface area contributed by atoms with Crippen LogP contribution in [-0.2, 0) is 30.2 Å². The highest BCUT2D eigenvalue weighted by molar-refractivity contribution is 6.06. The van der Waals surface area contributed by atoms with Crippen LogP contribution in [0.4, 0.5) is 4.39 Å². The third-order valence-electron chi connectivity index (χ3n) is 6.02. The molecule has 32 heavy (non-hydrogen) atoms. The van der Waals surface area contributed by atoms with Gasteiger partial charge in [-0.05, 0) is 52.9 Å². The molecule has 1 N–H and O–H groups in total. The number of nitrogens with one attached hydrogen (secondary N) is 1. The van der Waals surface area contributed by atoms with Gasteiger partial charge >= 0.3 is 5.97 Å². The van der Waals surface area contributed by atoms with Gasteiger partial charge < -0.3 is 14.2 Å². The molecule has 0 bridgehead atoms. The molecular formula is C22H23FN4O5. The lowest BCUT2D eigenvalue weighted by Gasteiger charge is -2.37. The van der Waals surface area contributed by atoms with Crippen LogP contribution >= 0.6 is 0 Å². The summed E-state index contributed by atoms with van der Waals surface area (Å²) in [4.78, 5) is 25.0. The van der Waals surface area contributed by atoms with Gasteiger partial charge in [-0.25, -0.2) is 9.49 Å². The largest absolute Gasteiger partial charge is 0.469 e. The summed E-state index contributed by atoms with van der Waals surface area (Å²) in [5.41, 5.74) is 0.753. The molecule has 4 rings (SSSR count). The fourth-order valence-corrected chi connectivity index (χ4v) is 4.27. The predicted molar refractivity (Wildman–Crippen MR) is 109 cm³/mol. The second kappa shape index (κ2) is 8.62. The van der Waals surface area contributed by atoms with Crippen LogP contribution < -0.4 is 0 Å². The Hall–Kier alpha value is -3.40. The standard InChI is InChI=1S/C22H23FN4O5/c1-4-5-30-21(29)16-10-22(19(9-18(16)28)31-11-32-22)13(3)7-14-8-15(12(2)6-17(14)23)20-24-26-27-25-20/h4,6,8-9,13,16H,1,5,7,10-11H2,2-3H3,(H,24,25,26,27)/t13-,16+,22+/m0/s1. The Morgan fingerprint density at radius 2 is 2.31 bits per heavy atom. The monoisotopic (exact) mass is 442 g/mol. The van der Waals surface area contributed by atoms with E-state index >= 15 is 0 Å². The average molecular weight is 442 g/mol. The topological polar surface area (TPSA) is 116 Å². The zero-order valence-electron chi connectivity index (χ0n) is 17.8. The van der Waals surface area contributed by atoms with Crippen LogP contribution in [0.3, 0.4) is 0 Å². The van der Waals surface area contributed by atoms with Crippen molar-refractivity contribution >= 4 is 11.8 Å². The molecule has 168 valence electrons. The highest BCUT2D eigenvalue weighted by Crippen LogP contribution is 2.46. The number of hydrogen-bond donors (Lipinski definition) is 1. The number of ether oxygens (including phenoxy) is 3. The number of tetrazole rings is 1. The van der Waals surface area contributed by atoms with Crippen molar-refractivity contribution < 1.29 is 28.2 Å². The molecule has 0 radical (unpaired) electrons. The minimum atomic E-state index is -1.04. The molecule has 0 amide bonds. The smallest absolute Gasteiger partial charge is 0.317 e. The van der Waals surface area contributed by atoms with Crippen LogP contribution in [0.1, 0.15) is 24.5 Å². The van der Waals surface area contributed by atoms with Crippen LogP contribution in [0.2, 0.25) is 0 Å². The third-order valence-corrected chi connectivity index (χ3v) is 6.02. The third kappa shape index (κ3) is 3.81. The molecule has 0 spiro atoms. The van der Waals surface area contributed by atoms with Crippen molar-refractivity contribution in [1.82, 2.24) is 20.6 Å². The van der Waals surface area contributed by atoms with Gasteiger partial charge in [-0.3, -0.25) is 9.59 Å². The molecular weight excluding hydrogens is 419 g/mol. The van der Waals surface area contributed by atoms with Crippen molar-refractivity contribution in [3.8, 4) is 11.4 Å². The molecule has 1 aromatic carbocycles. The van der Waals surface area contributed by atoms with Crippen LogP contribution in [0.15, 0.2) is 36.6 Å². The number of aryl methyl sites for hydroxylation is 1. The minimum absolute atomic E-state index is 0.00689. The number of carbonyl (C=O) groups excluding carboxylic acids is 2. The zero-order valence-corrected chi connectivity index (χ0v) is 17.8. The first-order valence-electron chi connectivity index (χ1n) is 10.2. The SMILES string of the molecule is C=CCOC(=O)[C@@H]1C[C@]2([C@@H](C)Cc3cc(-c4nnn[nH]4)c(C)cc3F)OCOC2=CC1=O. The van der Waals surface area contributed by atoms with Gasteiger partial charge in [0.1, 0.15) is 29.7 Å². The lowest BCUT2D eigenvalue weighted by Crippen LogP contribution is -2.47. The number of carbonyl (C=O) groups is 2. The fourth-order valence-electron chi connectivity index (χ4n) is 4.27. The molecule has 1 aliphatic heterocycles. The molecule has 2 heterocycles. The fraction of sp³-hybridized carbons (Fsp3) is 0.409. The number of benzene rings is 1. The quantitative estimate of drug-likeness (QED) is 0.395. The molecule has 3 atom stereocenters. The Morgan fingerprint density at radius 1 is 1.50 bits per heavy atom. The van der Waals surface area contributed by atoms with Crippen LogP contribution in [0.5, 0.6) is 0 Å². The molecule has 1 aliphatic carbocycles. The number of fused-ring (bicyclic) bond motifs is 1. The number of hydrogen-bond acceptors (Lipinski definition) is 8. The number of aromatic nitrogens is 4. The first-order valence-corrected chi connectivity index (χ1v) is 10.2. The summed E-state index contributed by atoms with van der Waals surface area (Å²) < 4.78 is 31.5. The number of allylic oxidation sites excluding steroid dienone is 1. The number of rotatable bonds is 7. The maximum absolute atomic E-state index is 14.9. The van der Waals surface area contributed by atoms with Gasteiger partial charge in [-0.15, -0.1) is 5.10 Å². The van der Waals surface area contributed by atoms with Crippen molar-refractivity contribution in [2.75, 3.05) is 13.4 Å². The highest BCUT2D eigenvalue weighted by Gasteiger charge is 2.54. The van der Waals surface area contributed by atoms with E-state index in [2.05, 4.69) is 27.2 Å². The zero-order chi connectivity index (χ0) is 22.9. The predicted octanol–water partition coefficient (Wildman–Crippen LogP) is 2.44.